The fourth-order valence-corrected chi connectivity index (χ4v) is 4.60. The van der Waals surface area contributed by atoms with Crippen molar-refractivity contribution in [3.05, 3.63) is 84.2 Å². The summed E-state index contributed by atoms with van der Waals surface area (Å²) in [6.45, 7) is 2.85. The van der Waals surface area contributed by atoms with Crippen LogP contribution in [0.25, 0.3) is 0 Å². The highest BCUT2D eigenvalue weighted by atomic mass is 32.2. The van der Waals surface area contributed by atoms with Gasteiger partial charge in [-0.25, -0.2) is 8.42 Å². The molecule has 2 unspecified atom stereocenters. The van der Waals surface area contributed by atoms with E-state index >= 15 is 0 Å². The second-order valence-electron chi connectivity index (χ2n) is 7.46. The number of hydrogen-bond donors (Lipinski definition) is 2. The molecule has 7 heteroatoms. The highest BCUT2D eigenvalue weighted by molar-refractivity contribution is 7.92. The van der Waals surface area contributed by atoms with Crippen LogP contribution in [0.2, 0.25) is 0 Å². The number of benzene rings is 2. The zero-order valence-electron chi connectivity index (χ0n) is 16.8. The lowest BCUT2D eigenvalue weighted by atomic mass is 9.98. The Kier molecular flexibility index (Phi) is 6.01. The lowest BCUT2D eigenvalue weighted by Crippen LogP contribution is -2.42. The fourth-order valence-electron chi connectivity index (χ4n) is 3.53. The molecular formula is C23H25N3O3S. The van der Waals surface area contributed by atoms with E-state index in [0.717, 1.165) is 30.7 Å². The molecular weight excluding hydrogens is 398 g/mol. The van der Waals surface area contributed by atoms with E-state index in [1.807, 2.05) is 18.2 Å². The van der Waals surface area contributed by atoms with E-state index < -0.39 is 10.0 Å². The molecule has 0 saturated heterocycles. The number of sulfonamides is 1. The quantitative estimate of drug-likeness (QED) is 0.605. The summed E-state index contributed by atoms with van der Waals surface area (Å²) in [6.07, 6.45) is 5.39. The Hall–Kier alpha value is -2.90. The van der Waals surface area contributed by atoms with Crippen LogP contribution in [0.15, 0.2) is 78.0 Å². The van der Waals surface area contributed by atoms with Gasteiger partial charge in [0.05, 0.1) is 10.6 Å². The van der Waals surface area contributed by atoms with Crippen LogP contribution in [0.3, 0.4) is 0 Å². The van der Waals surface area contributed by atoms with E-state index in [0.29, 0.717) is 5.69 Å². The van der Waals surface area contributed by atoms with E-state index in [-0.39, 0.29) is 17.0 Å². The number of anilines is 1. The third-order valence-corrected chi connectivity index (χ3v) is 6.68. The molecule has 0 spiro atoms. The van der Waals surface area contributed by atoms with Crippen LogP contribution in [-0.2, 0) is 23.0 Å². The van der Waals surface area contributed by atoms with Crippen molar-refractivity contribution in [2.24, 2.45) is 0 Å². The monoisotopic (exact) mass is 423 g/mol. The minimum atomic E-state index is -3.63. The molecule has 0 aliphatic carbocycles. The molecule has 0 radical (unpaired) electrons. The number of nitrogens with zero attached hydrogens (tertiary/aromatic N) is 1. The molecule has 0 fully saturated rings. The van der Waals surface area contributed by atoms with Gasteiger partial charge in [-0.1, -0.05) is 24.3 Å². The normalized spacial score (nSPS) is 16.9. The van der Waals surface area contributed by atoms with Crippen LogP contribution in [0.1, 0.15) is 24.5 Å². The summed E-state index contributed by atoms with van der Waals surface area (Å²) < 4.78 is 34.1. The molecule has 156 valence electrons. The molecule has 1 aliphatic heterocycles. The summed E-state index contributed by atoms with van der Waals surface area (Å²) in [5.41, 5.74) is 2.76. The summed E-state index contributed by atoms with van der Waals surface area (Å²) in [7, 11) is -3.63. The summed E-state index contributed by atoms with van der Waals surface area (Å²) in [5.74, 6) is 0.733. The number of nitrogens with one attached hydrogen (secondary N) is 2. The fraction of sp³-hybridized carbons (Fsp3) is 0.261. The van der Waals surface area contributed by atoms with E-state index in [4.69, 9.17) is 4.74 Å². The van der Waals surface area contributed by atoms with Gasteiger partial charge in [0, 0.05) is 31.0 Å². The van der Waals surface area contributed by atoms with Crippen molar-refractivity contribution in [2.75, 3.05) is 4.72 Å². The molecule has 0 saturated carbocycles. The highest BCUT2D eigenvalue weighted by Gasteiger charge is 2.25. The Morgan fingerprint density at radius 2 is 1.87 bits per heavy atom. The van der Waals surface area contributed by atoms with E-state index in [9.17, 15) is 8.42 Å². The minimum absolute atomic E-state index is 0.0142. The van der Waals surface area contributed by atoms with Crippen molar-refractivity contribution >= 4 is 15.7 Å². The summed E-state index contributed by atoms with van der Waals surface area (Å²) in [4.78, 5) is 4.27. The van der Waals surface area contributed by atoms with Crippen LogP contribution < -0.4 is 14.8 Å². The zero-order valence-corrected chi connectivity index (χ0v) is 17.6. The number of aryl methyl sites for hydroxylation is 1. The van der Waals surface area contributed by atoms with Crippen molar-refractivity contribution in [3.63, 3.8) is 0 Å². The van der Waals surface area contributed by atoms with Gasteiger partial charge in [-0.05, 0) is 61.2 Å². The van der Waals surface area contributed by atoms with Gasteiger partial charge in [-0.3, -0.25) is 9.71 Å². The van der Waals surface area contributed by atoms with Gasteiger partial charge < -0.3 is 10.1 Å². The molecule has 1 aromatic heterocycles. The standard InChI is InChI=1S/C23H25N3O3S/c1-17(25-16-18-11-13-24-14-12-18)22-10-8-19-7-9-20(15-23(19)29-22)26-30(27,28)21-5-3-2-4-6-21/h2-7,9,11-15,17,22,25-26H,8,10,16H2,1H3. The van der Waals surface area contributed by atoms with Gasteiger partial charge in [-0.15, -0.1) is 0 Å². The zero-order chi connectivity index (χ0) is 21.0. The molecule has 3 aromatic rings. The molecule has 6 nitrogen and oxygen atoms in total. The maximum atomic E-state index is 12.6. The average molecular weight is 424 g/mol. The van der Waals surface area contributed by atoms with Crippen LogP contribution in [0.5, 0.6) is 5.75 Å². The van der Waals surface area contributed by atoms with Gasteiger partial charge in [0.25, 0.3) is 10.0 Å². The summed E-state index contributed by atoms with van der Waals surface area (Å²) in [5, 5.41) is 3.51. The molecule has 2 N–H and O–H groups in total. The largest absolute Gasteiger partial charge is 0.488 e. The Morgan fingerprint density at radius 1 is 1.10 bits per heavy atom. The first-order valence-corrected chi connectivity index (χ1v) is 11.5. The first-order chi connectivity index (χ1) is 14.5. The first-order valence-electron chi connectivity index (χ1n) is 10.0. The van der Waals surface area contributed by atoms with Crippen LogP contribution >= 0.6 is 0 Å². The molecule has 1 aliphatic rings. The van der Waals surface area contributed by atoms with Gasteiger partial charge in [0.15, 0.2) is 0 Å². The van der Waals surface area contributed by atoms with Gasteiger partial charge in [0.2, 0.25) is 0 Å². The minimum Gasteiger partial charge on any atom is -0.488 e. The SMILES string of the molecule is CC(NCc1ccncc1)C1CCc2ccc(NS(=O)(=O)c3ccccc3)cc2O1. The maximum Gasteiger partial charge on any atom is 0.261 e. The number of aromatic nitrogens is 1. The second kappa shape index (κ2) is 8.85. The third kappa shape index (κ3) is 4.80. The second-order valence-corrected chi connectivity index (χ2v) is 9.14. The molecule has 4 rings (SSSR count). The molecule has 2 aromatic carbocycles. The Balaban J connectivity index is 1.43. The number of ether oxygens (including phenoxy) is 1. The average Bonchev–Trinajstić information content (AvgIpc) is 2.78. The van der Waals surface area contributed by atoms with Crippen LogP contribution in [0, 0.1) is 0 Å². The Morgan fingerprint density at radius 3 is 2.63 bits per heavy atom. The third-order valence-electron chi connectivity index (χ3n) is 5.28. The maximum absolute atomic E-state index is 12.6. The first kappa shape index (κ1) is 20.4. The summed E-state index contributed by atoms with van der Waals surface area (Å²) >= 11 is 0. The molecule has 2 heterocycles. The lowest BCUT2D eigenvalue weighted by molar-refractivity contribution is 0.135. The predicted octanol–water partition coefficient (Wildman–Crippen LogP) is 3.75. The Labute approximate surface area is 177 Å². The van der Waals surface area contributed by atoms with Crippen molar-refractivity contribution in [1.82, 2.24) is 10.3 Å². The molecule has 2 atom stereocenters. The highest BCUT2D eigenvalue weighted by Crippen LogP contribution is 2.32. The van der Waals surface area contributed by atoms with Crippen LogP contribution in [-0.4, -0.2) is 25.5 Å². The van der Waals surface area contributed by atoms with E-state index in [1.165, 1.54) is 5.56 Å². The number of fused-ring (bicyclic) bond motifs is 1. The van der Waals surface area contributed by atoms with E-state index in [2.05, 4.69) is 21.9 Å². The number of rotatable bonds is 7. The summed E-state index contributed by atoms with van der Waals surface area (Å²) in [6, 6.07) is 18.0. The molecule has 0 amide bonds. The van der Waals surface area contributed by atoms with Crippen LogP contribution in [0.4, 0.5) is 5.69 Å². The number of pyridine rings is 1. The Bertz CT molecular complexity index is 1090. The predicted molar refractivity (Wildman–Crippen MR) is 117 cm³/mol. The van der Waals surface area contributed by atoms with Crippen molar-refractivity contribution in [3.8, 4) is 5.75 Å². The lowest BCUT2D eigenvalue weighted by Gasteiger charge is -2.31. The van der Waals surface area contributed by atoms with Gasteiger partial charge >= 0.3 is 0 Å². The van der Waals surface area contributed by atoms with E-state index in [1.54, 1.807) is 54.9 Å². The smallest absolute Gasteiger partial charge is 0.261 e. The van der Waals surface area contributed by atoms with Crippen molar-refractivity contribution < 1.29 is 13.2 Å². The van der Waals surface area contributed by atoms with Gasteiger partial charge in [0.1, 0.15) is 11.9 Å². The van der Waals surface area contributed by atoms with Gasteiger partial charge in [-0.2, -0.15) is 0 Å². The molecule has 0 bridgehead atoms. The van der Waals surface area contributed by atoms with Crippen molar-refractivity contribution in [1.29, 1.82) is 0 Å². The topological polar surface area (TPSA) is 80.3 Å². The molecule has 30 heavy (non-hydrogen) atoms. The number of hydrogen-bond acceptors (Lipinski definition) is 5. The van der Waals surface area contributed by atoms with Crippen molar-refractivity contribution in [2.45, 2.75) is 43.4 Å².